The lowest BCUT2D eigenvalue weighted by Crippen LogP contribution is -2.34. The van der Waals surface area contributed by atoms with Crippen LogP contribution in [0.4, 0.5) is 13.2 Å². The van der Waals surface area contributed by atoms with Gasteiger partial charge in [-0.3, -0.25) is 0 Å². The van der Waals surface area contributed by atoms with Gasteiger partial charge in [-0.25, -0.2) is 8.42 Å². The van der Waals surface area contributed by atoms with Crippen LogP contribution < -0.4 is 0 Å². The van der Waals surface area contributed by atoms with Gasteiger partial charge in [0.05, 0.1) is 17.1 Å². The maximum Gasteiger partial charge on any atom is 0.416 e. The van der Waals surface area contributed by atoms with E-state index in [1.807, 2.05) is 6.92 Å². The van der Waals surface area contributed by atoms with Crippen LogP contribution in [-0.4, -0.2) is 37.5 Å². The fourth-order valence-electron chi connectivity index (χ4n) is 1.78. The van der Waals surface area contributed by atoms with Gasteiger partial charge in [0.1, 0.15) is 0 Å². The summed E-state index contributed by atoms with van der Waals surface area (Å²) in [5.74, 6) is 0. The van der Waals surface area contributed by atoms with E-state index in [0.717, 1.165) is 28.9 Å². The zero-order valence-electron chi connectivity index (χ0n) is 11.6. The summed E-state index contributed by atoms with van der Waals surface area (Å²) in [5, 5.41) is 8.94. The van der Waals surface area contributed by atoms with Crippen molar-refractivity contribution in [3.05, 3.63) is 29.8 Å². The quantitative estimate of drug-likeness (QED) is 0.838. The Morgan fingerprint density at radius 1 is 1.24 bits per heavy atom. The molecule has 8 heteroatoms. The number of aliphatic hydroxyl groups excluding tert-OH is 1. The monoisotopic (exact) mass is 325 g/mol. The van der Waals surface area contributed by atoms with Crippen molar-refractivity contribution >= 4 is 10.0 Å². The predicted molar refractivity (Wildman–Crippen MR) is 72.2 cm³/mol. The molecule has 21 heavy (non-hydrogen) atoms. The van der Waals surface area contributed by atoms with Crippen LogP contribution in [0.15, 0.2) is 29.2 Å². The minimum Gasteiger partial charge on any atom is -0.395 e. The lowest BCUT2D eigenvalue weighted by Gasteiger charge is -2.21. The van der Waals surface area contributed by atoms with Crippen LogP contribution in [0.1, 0.15) is 25.3 Å². The van der Waals surface area contributed by atoms with E-state index in [9.17, 15) is 21.6 Å². The average Bonchev–Trinajstić information content (AvgIpc) is 2.42. The molecule has 0 unspecified atom stereocenters. The van der Waals surface area contributed by atoms with E-state index in [-0.39, 0.29) is 19.7 Å². The number of benzene rings is 1. The summed E-state index contributed by atoms with van der Waals surface area (Å²) in [6, 6.07) is 3.63. The lowest BCUT2D eigenvalue weighted by molar-refractivity contribution is -0.137. The number of alkyl halides is 3. The van der Waals surface area contributed by atoms with Crippen molar-refractivity contribution in [2.24, 2.45) is 0 Å². The first-order valence-electron chi connectivity index (χ1n) is 6.51. The second kappa shape index (κ2) is 7.24. The van der Waals surface area contributed by atoms with Gasteiger partial charge in [-0.2, -0.15) is 17.5 Å². The van der Waals surface area contributed by atoms with Gasteiger partial charge in [0.2, 0.25) is 10.0 Å². The SMILES string of the molecule is CCCCN(CCO)S(=O)(=O)c1cccc(C(F)(F)F)c1. The number of sulfonamides is 1. The topological polar surface area (TPSA) is 57.6 Å². The van der Waals surface area contributed by atoms with E-state index in [2.05, 4.69) is 0 Å². The van der Waals surface area contributed by atoms with Gasteiger partial charge in [-0.1, -0.05) is 19.4 Å². The Kier molecular flexibility index (Phi) is 6.18. The lowest BCUT2D eigenvalue weighted by atomic mass is 10.2. The molecule has 0 atom stereocenters. The van der Waals surface area contributed by atoms with Gasteiger partial charge in [-0.15, -0.1) is 0 Å². The molecule has 0 aliphatic rings. The molecule has 0 radical (unpaired) electrons. The molecule has 0 aromatic heterocycles. The van der Waals surface area contributed by atoms with Crippen LogP contribution >= 0.6 is 0 Å². The molecule has 1 N–H and O–H groups in total. The smallest absolute Gasteiger partial charge is 0.395 e. The van der Waals surface area contributed by atoms with Gasteiger partial charge in [0.25, 0.3) is 0 Å². The van der Waals surface area contributed by atoms with E-state index in [1.165, 1.54) is 0 Å². The molecule has 1 rings (SSSR count). The number of hydrogen-bond donors (Lipinski definition) is 1. The molecule has 4 nitrogen and oxygen atoms in total. The second-order valence-electron chi connectivity index (χ2n) is 4.51. The summed E-state index contributed by atoms with van der Waals surface area (Å²) < 4.78 is 63.7. The molecule has 1 aromatic rings. The van der Waals surface area contributed by atoms with E-state index >= 15 is 0 Å². The Morgan fingerprint density at radius 2 is 1.90 bits per heavy atom. The van der Waals surface area contributed by atoms with Gasteiger partial charge in [0.15, 0.2) is 0 Å². The van der Waals surface area contributed by atoms with Crippen molar-refractivity contribution < 1.29 is 26.7 Å². The second-order valence-corrected chi connectivity index (χ2v) is 6.44. The standard InChI is InChI=1S/C13H18F3NO3S/c1-2-3-7-17(8-9-18)21(19,20)12-6-4-5-11(10-12)13(14,15)16/h4-6,10,18H,2-3,7-9H2,1H3. The normalized spacial score (nSPS) is 12.9. The summed E-state index contributed by atoms with van der Waals surface area (Å²) in [4.78, 5) is -0.415. The fourth-order valence-corrected chi connectivity index (χ4v) is 3.30. The minimum atomic E-state index is -4.60. The van der Waals surface area contributed by atoms with Crippen molar-refractivity contribution in [2.75, 3.05) is 19.7 Å². The van der Waals surface area contributed by atoms with Crippen LogP contribution in [0.25, 0.3) is 0 Å². The minimum absolute atomic E-state index is 0.140. The molecule has 0 bridgehead atoms. The molecule has 0 saturated carbocycles. The summed E-state index contributed by atoms with van der Waals surface area (Å²) in [6.07, 6.45) is -3.30. The number of nitrogens with zero attached hydrogens (tertiary/aromatic N) is 1. The van der Waals surface area contributed by atoms with Crippen LogP contribution in [0.5, 0.6) is 0 Å². The third kappa shape index (κ3) is 4.69. The summed E-state index contributed by atoms with van der Waals surface area (Å²) in [5.41, 5.74) is -1.01. The Hall–Kier alpha value is -1.12. The molecule has 0 saturated heterocycles. The van der Waals surface area contributed by atoms with Crippen molar-refractivity contribution in [2.45, 2.75) is 30.8 Å². The predicted octanol–water partition coefficient (Wildman–Crippen LogP) is 2.49. The van der Waals surface area contributed by atoms with Gasteiger partial charge in [0, 0.05) is 13.1 Å². The largest absolute Gasteiger partial charge is 0.416 e. The first-order chi connectivity index (χ1) is 9.73. The third-order valence-corrected chi connectivity index (χ3v) is 4.80. The molecule has 120 valence electrons. The Bertz CT molecular complexity index is 558. The number of unbranched alkanes of at least 4 members (excludes halogenated alkanes) is 1. The molecule has 0 aliphatic heterocycles. The van der Waals surface area contributed by atoms with Gasteiger partial charge >= 0.3 is 6.18 Å². The number of aliphatic hydroxyl groups is 1. The highest BCUT2D eigenvalue weighted by Gasteiger charge is 2.32. The summed E-state index contributed by atoms with van der Waals surface area (Å²) >= 11 is 0. The van der Waals surface area contributed by atoms with E-state index in [1.54, 1.807) is 0 Å². The highest BCUT2D eigenvalue weighted by molar-refractivity contribution is 7.89. The maximum atomic E-state index is 12.7. The Morgan fingerprint density at radius 3 is 2.43 bits per heavy atom. The summed E-state index contributed by atoms with van der Waals surface area (Å²) in [6.45, 7) is 1.50. The van der Waals surface area contributed by atoms with Crippen LogP contribution in [0.2, 0.25) is 0 Å². The Balaban J connectivity index is 3.15. The first-order valence-corrected chi connectivity index (χ1v) is 7.95. The fraction of sp³-hybridized carbons (Fsp3) is 0.538. The van der Waals surface area contributed by atoms with Crippen molar-refractivity contribution in [1.29, 1.82) is 0 Å². The molecule has 0 amide bonds. The molecule has 0 heterocycles. The van der Waals surface area contributed by atoms with Gasteiger partial charge in [-0.05, 0) is 24.6 Å². The Labute approximate surface area is 122 Å². The van der Waals surface area contributed by atoms with E-state index < -0.39 is 26.7 Å². The number of halogens is 3. The van der Waals surface area contributed by atoms with E-state index in [4.69, 9.17) is 5.11 Å². The first kappa shape index (κ1) is 17.9. The highest BCUT2D eigenvalue weighted by atomic mass is 32.2. The molecular formula is C13H18F3NO3S. The molecule has 1 aromatic carbocycles. The van der Waals surface area contributed by atoms with Crippen molar-refractivity contribution in [3.8, 4) is 0 Å². The molecule has 0 aliphatic carbocycles. The highest BCUT2D eigenvalue weighted by Crippen LogP contribution is 2.31. The zero-order valence-corrected chi connectivity index (χ0v) is 12.4. The maximum absolute atomic E-state index is 12.7. The molecule has 0 fully saturated rings. The van der Waals surface area contributed by atoms with Crippen molar-refractivity contribution in [1.82, 2.24) is 4.31 Å². The van der Waals surface area contributed by atoms with Crippen LogP contribution in [-0.2, 0) is 16.2 Å². The third-order valence-electron chi connectivity index (χ3n) is 2.91. The molecule has 0 spiro atoms. The molecular weight excluding hydrogens is 307 g/mol. The number of hydrogen-bond acceptors (Lipinski definition) is 3. The van der Waals surface area contributed by atoms with Crippen molar-refractivity contribution in [3.63, 3.8) is 0 Å². The van der Waals surface area contributed by atoms with Gasteiger partial charge < -0.3 is 5.11 Å². The van der Waals surface area contributed by atoms with Crippen LogP contribution in [0.3, 0.4) is 0 Å². The van der Waals surface area contributed by atoms with E-state index in [0.29, 0.717) is 12.5 Å². The number of rotatable bonds is 7. The average molecular weight is 325 g/mol. The van der Waals surface area contributed by atoms with Crippen LogP contribution in [0, 0.1) is 0 Å². The zero-order chi connectivity index (χ0) is 16.1. The summed E-state index contributed by atoms with van der Waals surface area (Å²) in [7, 11) is -4.04.